The Morgan fingerprint density at radius 2 is 1.53 bits per heavy atom. The fourth-order valence-corrected chi connectivity index (χ4v) is 8.29. The molecule has 264 valence electrons. The van der Waals surface area contributed by atoms with Gasteiger partial charge in [0.1, 0.15) is 29.3 Å². The third-order valence-electron chi connectivity index (χ3n) is 11.1. The van der Waals surface area contributed by atoms with Crippen molar-refractivity contribution in [2.24, 2.45) is 5.92 Å². The lowest BCUT2D eigenvalue weighted by Crippen LogP contribution is -2.50. The number of likely N-dealkylation sites (tertiary alicyclic amines) is 2. The number of rotatable bonds is 9. The third-order valence-corrected chi connectivity index (χ3v) is 11.1. The van der Waals surface area contributed by atoms with E-state index >= 15 is 0 Å². The van der Waals surface area contributed by atoms with Crippen LogP contribution in [0.15, 0.2) is 85.2 Å². The number of aromatic nitrogens is 4. The van der Waals surface area contributed by atoms with Crippen molar-refractivity contribution in [3.8, 4) is 22.8 Å². The van der Waals surface area contributed by atoms with Crippen LogP contribution in [-0.4, -0.2) is 92.5 Å². The topological polar surface area (TPSA) is 126 Å². The Hall–Kier alpha value is -5.00. The van der Waals surface area contributed by atoms with Gasteiger partial charge in [0.05, 0.1) is 17.0 Å². The van der Waals surface area contributed by atoms with Crippen LogP contribution in [0.25, 0.3) is 22.3 Å². The van der Waals surface area contributed by atoms with E-state index in [0.29, 0.717) is 23.3 Å². The van der Waals surface area contributed by atoms with Gasteiger partial charge < -0.3 is 25.4 Å². The highest BCUT2D eigenvalue weighted by Gasteiger charge is 2.32. The number of benzene rings is 3. The molecular formula is C40H46N8O3. The van der Waals surface area contributed by atoms with Crippen molar-refractivity contribution in [2.45, 2.75) is 50.6 Å². The number of nitrogen functional groups attached to an aromatic ring is 1. The summed E-state index contributed by atoms with van der Waals surface area (Å²) in [6.45, 7) is 7.59. The molecule has 0 bridgehead atoms. The maximum atomic E-state index is 11.2. The van der Waals surface area contributed by atoms with Crippen LogP contribution < -0.4 is 15.4 Å². The van der Waals surface area contributed by atoms with Crippen LogP contribution >= 0.6 is 0 Å². The van der Waals surface area contributed by atoms with Crippen molar-refractivity contribution in [3.63, 3.8) is 0 Å². The molecule has 11 heteroatoms. The van der Waals surface area contributed by atoms with Crippen LogP contribution in [0.4, 0.5) is 11.5 Å². The summed E-state index contributed by atoms with van der Waals surface area (Å²) in [6, 6.07) is 25.9. The molecule has 3 aliphatic heterocycles. The lowest BCUT2D eigenvalue weighted by atomic mass is 9.93. The molecule has 3 N–H and O–H groups in total. The quantitative estimate of drug-likeness (QED) is 0.176. The van der Waals surface area contributed by atoms with E-state index < -0.39 is 5.97 Å². The van der Waals surface area contributed by atoms with Gasteiger partial charge in [-0.1, -0.05) is 18.2 Å². The highest BCUT2D eigenvalue weighted by atomic mass is 16.5. The van der Waals surface area contributed by atoms with E-state index in [4.69, 9.17) is 20.6 Å². The van der Waals surface area contributed by atoms with Crippen molar-refractivity contribution < 1.29 is 14.6 Å². The zero-order valence-electron chi connectivity index (χ0n) is 29.0. The summed E-state index contributed by atoms with van der Waals surface area (Å²) < 4.78 is 8.14. The molecule has 8 rings (SSSR count). The molecule has 0 saturated carbocycles. The minimum absolute atomic E-state index is 0.216. The second kappa shape index (κ2) is 14.7. The number of nitrogens with two attached hydrogens (primary N) is 1. The van der Waals surface area contributed by atoms with Crippen LogP contribution in [0.1, 0.15) is 54.9 Å². The van der Waals surface area contributed by atoms with Crippen LogP contribution in [0.5, 0.6) is 11.5 Å². The fraction of sp³-hybridized carbons (Fsp3) is 0.400. The first kappa shape index (κ1) is 33.2. The molecule has 11 nitrogen and oxygen atoms in total. The highest BCUT2D eigenvalue weighted by molar-refractivity contribution is 5.98. The van der Waals surface area contributed by atoms with Crippen LogP contribution in [0.3, 0.4) is 0 Å². The number of ether oxygens (including phenoxy) is 1. The van der Waals surface area contributed by atoms with Gasteiger partial charge in [-0.25, -0.2) is 19.4 Å². The van der Waals surface area contributed by atoms with Crippen molar-refractivity contribution in [2.75, 3.05) is 56.4 Å². The van der Waals surface area contributed by atoms with Crippen molar-refractivity contribution >= 4 is 28.5 Å². The number of hydrogen-bond donors (Lipinski definition) is 2. The number of carboxylic acid groups (broad SMARTS) is 1. The predicted molar refractivity (Wildman–Crippen MR) is 199 cm³/mol. The first-order valence-electron chi connectivity index (χ1n) is 18.4. The third kappa shape index (κ3) is 7.27. The lowest BCUT2D eigenvalue weighted by Gasteiger charge is -2.43. The van der Waals surface area contributed by atoms with Gasteiger partial charge in [0, 0.05) is 43.5 Å². The van der Waals surface area contributed by atoms with E-state index in [1.165, 1.54) is 32.2 Å². The molecule has 3 fully saturated rings. The summed E-state index contributed by atoms with van der Waals surface area (Å²) >= 11 is 0. The predicted octanol–water partition coefficient (Wildman–Crippen LogP) is 6.58. The Kier molecular flexibility index (Phi) is 9.55. The second-order valence-corrected chi connectivity index (χ2v) is 14.3. The monoisotopic (exact) mass is 686 g/mol. The van der Waals surface area contributed by atoms with Crippen LogP contribution in [0, 0.1) is 5.92 Å². The molecule has 1 unspecified atom stereocenters. The van der Waals surface area contributed by atoms with Crippen LogP contribution in [0.2, 0.25) is 0 Å². The molecule has 51 heavy (non-hydrogen) atoms. The molecule has 3 aromatic carbocycles. The summed E-state index contributed by atoms with van der Waals surface area (Å²) in [5.74, 6) is 1.84. The molecule has 2 aromatic heterocycles. The van der Waals surface area contributed by atoms with E-state index in [2.05, 4.69) is 24.4 Å². The van der Waals surface area contributed by atoms with E-state index in [0.717, 1.165) is 91.6 Å². The molecule has 0 amide bonds. The Balaban J connectivity index is 0.878. The second-order valence-electron chi connectivity index (χ2n) is 14.3. The van der Waals surface area contributed by atoms with E-state index in [-0.39, 0.29) is 6.04 Å². The first-order chi connectivity index (χ1) is 25.0. The highest BCUT2D eigenvalue weighted by Crippen LogP contribution is 2.36. The summed E-state index contributed by atoms with van der Waals surface area (Å²) in [7, 11) is 0. The Morgan fingerprint density at radius 1 is 0.804 bits per heavy atom. The SMILES string of the molecule is Nc1ncnc2c1c(-c1ccc(Oc3ccccc3)cc1)nn2C1CCCN(C2CCN(CC3CCN(c4ccc(C(=O)O)cc4)CC3)CC2)C1. The number of hydrogen-bond acceptors (Lipinski definition) is 9. The van der Waals surface area contributed by atoms with Crippen LogP contribution in [-0.2, 0) is 0 Å². The number of piperidine rings is 3. The zero-order chi connectivity index (χ0) is 34.7. The standard InChI is InChI=1S/C40H46N8O3/c41-38-36-37(29-10-14-35(15-11-29)51-34-6-2-1-3-7-34)44-48(39(36)43-27-42-38)33-5-4-20-47(26-33)32-18-21-45(22-19-32)25-28-16-23-46(24-17-28)31-12-8-30(9-13-31)40(49)50/h1-3,6-15,27-28,32-33H,4-5,16-26H2,(H,49,50)(H2,41,42,43). The number of carbonyl (C=O) groups is 1. The molecule has 1 atom stereocenters. The van der Waals surface area contributed by atoms with Crippen molar-refractivity contribution in [3.05, 3.63) is 90.8 Å². The largest absolute Gasteiger partial charge is 0.478 e. The van der Waals surface area contributed by atoms with Gasteiger partial charge in [-0.3, -0.25) is 4.90 Å². The van der Waals surface area contributed by atoms with Gasteiger partial charge in [0.15, 0.2) is 5.65 Å². The van der Waals surface area contributed by atoms with Gasteiger partial charge in [-0.05, 0) is 125 Å². The van der Waals surface area contributed by atoms with Crippen molar-refractivity contribution in [1.82, 2.24) is 29.5 Å². The number of carboxylic acids is 1. The van der Waals surface area contributed by atoms with Crippen molar-refractivity contribution in [1.29, 1.82) is 0 Å². The first-order valence-corrected chi connectivity index (χ1v) is 18.4. The number of fused-ring (bicyclic) bond motifs is 1. The maximum Gasteiger partial charge on any atom is 0.335 e. The summed E-state index contributed by atoms with van der Waals surface area (Å²) in [5.41, 5.74) is 10.5. The summed E-state index contributed by atoms with van der Waals surface area (Å²) in [6.07, 6.45) is 8.47. The van der Waals surface area contributed by atoms with Gasteiger partial charge in [0.2, 0.25) is 0 Å². The van der Waals surface area contributed by atoms with Gasteiger partial charge in [-0.2, -0.15) is 5.10 Å². The molecule has 0 spiro atoms. The van der Waals surface area contributed by atoms with E-state index in [1.807, 2.05) is 66.7 Å². The molecule has 3 aliphatic rings. The average molecular weight is 687 g/mol. The normalized spacial score (nSPS) is 19.8. The molecular weight excluding hydrogens is 640 g/mol. The van der Waals surface area contributed by atoms with Gasteiger partial charge in [-0.15, -0.1) is 0 Å². The average Bonchev–Trinajstić information content (AvgIpc) is 3.57. The van der Waals surface area contributed by atoms with E-state index in [9.17, 15) is 9.90 Å². The lowest BCUT2D eigenvalue weighted by molar-refractivity contribution is 0.0654. The zero-order valence-corrected chi connectivity index (χ0v) is 29.0. The molecule has 0 radical (unpaired) electrons. The summed E-state index contributed by atoms with van der Waals surface area (Å²) in [4.78, 5) is 28.0. The molecule has 5 heterocycles. The van der Waals surface area contributed by atoms with Gasteiger partial charge >= 0.3 is 5.97 Å². The molecule has 5 aromatic rings. The maximum absolute atomic E-state index is 11.2. The minimum Gasteiger partial charge on any atom is -0.478 e. The molecule has 3 saturated heterocycles. The minimum atomic E-state index is -0.876. The van der Waals surface area contributed by atoms with E-state index in [1.54, 1.807) is 18.5 Å². The molecule has 0 aliphatic carbocycles. The Bertz CT molecular complexity index is 1930. The summed E-state index contributed by atoms with van der Waals surface area (Å²) in [5, 5.41) is 15.2. The fourth-order valence-electron chi connectivity index (χ4n) is 8.29. The number of nitrogens with zero attached hydrogens (tertiary/aromatic N) is 7. The number of anilines is 2. The number of para-hydroxylation sites is 1. The Morgan fingerprint density at radius 3 is 2.25 bits per heavy atom. The van der Waals surface area contributed by atoms with Gasteiger partial charge in [0.25, 0.3) is 0 Å². The Labute approximate surface area is 298 Å². The smallest absolute Gasteiger partial charge is 0.335 e. The number of aromatic carboxylic acids is 1.